The molecule has 1 fully saturated rings. The first kappa shape index (κ1) is 16.9. The number of likely N-dealkylation sites (N-methyl/N-ethyl adjacent to an activating group) is 1. The van der Waals surface area contributed by atoms with E-state index < -0.39 is 0 Å². The number of carbonyl (C=O) groups is 1. The Morgan fingerprint density at radius 1 is 1.14 bits per heavy atom. The highest BCUT2D eigenvalue weighted by Gasteiger charge is 2.22. The largest absolute Gasteiger partial charge is 0.484 e. The number of carbonyl (C=O) groups excluding carboxylic acids is 1. The maximum absolute atomic E-state index is 12.2. The topological polar surface area (TPSA) is 29.5 Å². The molecule has 0 N–H and O–H groups in total. The molecule has 2 rings (SSSR count). The molecule has 0 bridgehead atoms. The van der Waals surface area contributed by atoms with Crippen LogP contribution >= 0.6 is 0 Å². The van der Waals surface area contributed by atoms with E-state index in [1.54, 1.807) is 0 Å². The predicted molar refractivity (Wildman–Crippen MR) is 90.3 cm³/mol. The number of hydrogen-bond acceptors (Lipinski definition) is 2. The van der Waals surface area contributed by atoms with Gasteiger partial charge in [0.15, 0.2) is 6.61 Å². The van der Waals surface area contributed by atoms with Crippen LogP contribution in [0.3, 0.4) is 0 Å². The van der Waals surface area contributed by atoms with Crippen molar-refractivity contribution in [3.05, 3.63) is 29.8 Å². The summed E-state index contributed by atoms with van der Waals surface area (Å²) in [5.74, 6) is 0.838. The average molecular weight is 303 g/mol. The molecule has 1 aliphatic carbocycles. The maximum Gasteiger partial charge on any atom is 0.260 e. The van der Waals surface area contributed by atoms with Gasteiger partial charge in [0.1, 0.15) is 5.75 Å². The van der Waals surface area contributed by atoms with Crippen molar-refractivity contribution < 1.29 is 9.53 Å². The van der Waals surface area contributed by atoms with Crippen molar-refractivity contribution in [1.29, 1.82) is 0 Å². The molecule has 0 aromatic heterocycles. The number of rotatable bonds is 4. The fourth-order valence-corrected chi connectivity index (χ4v) is 2.97. The van der Waals surface area contributed by atoms with Crippen LogP contribution in [-0.2, 0) is 10.2 Å². The first-order valence-electron chi connectivity index (χ1n) is 8.37. The van der Waals surface area contributed by atoms with Gasteiger partial charge in [-0.1, -0.05) is 52.2 Å². The molecule has 1 amide bonds. The van der Waals surface area contributed by atoms with Crippen LogP contribution in [0.4, 0.5) is 0 Å². The molecule has 0 atom stereocenters. The molecular formula is C19H29NO2. The molecule has 122 valence electrons. The van der Waals surface area contributed by atoms with Crippen molar-refractivity contribution in [2.75, 3.05) is 13.7 Å². The third kappa shape index (κ3) is 4.49. The van der Waals surface area contributed by atoms with Gasteiger partial charge in [0, 0.05) is 13.1 Å². The maximum atomic E-state index is 12.2. The fraction of sp³-hybridized carbons (Fsp3) is 0.632. The second-order valence-corrected chi connectivity index (χ2v) is 7.36. The number of amides is 1. The Morgan fingerprint density at radius 2 is 1.73 bits per heavy atom. The fourth-order valence-electron chi connectivity index (χ4n) is 2.97. The van der Waals surface area contributed by atoms with E-state index in [4.69, 9.17) is 4.74 Å². The molecule has 3 nitrogen and oxygen atoms in total. The van der Waals surface area contributed by atoms with Gasteiger partial charge in [-0.25, -0.2) is 0 Å². The standard InChI is InChI=1S/C19H29NO2/c1-19(2,3)15-10-12-17(13-11-15)22-14-18(21)20(4)16-8-6-5-7-9-16/h10-13,16H,5-9,14H2,1-4H3. The zero-order valence-electron chi connectivity index (χ0n) is 14.4. The highest BCUT2D eigenvalue weighted by Crippen LogP contribution is 2.25. The summed E-state index contributed by atoms with van der Waals surface area (Å²) in [4.78, 5) is 14.1. The summed E-state index contributed by atoms with van der Waals surface area (Å²) >= 11 is 0. The molecule has 1 aromatic carbocycles. The van der Waals surface area contributed by atoms with Crippen LogP contribution < -0.4 is 4.74 Å². The number of benzene rings is 1. The van der Waals surface area contributed by atoms with Gasteiger partial charge >= 0.3 is 0 Å². The summed E-state index contributed by atoms with van der Waals surface area (Å²) in [6, 6.07) is 8.45. The minimum Gasteiger partial charge on any atom is -0.484 e. The van der Waals surface area contributed by atoms with Gasteiger partial charge in [0.2, 0.25) is 0 Å². The molecule has 0 unspecified atom stereocenters. The smallest absolute Gasteiger partial charge is 0.260 e. The van der Waals surface area contributed by atoms with Crippen molar-refractivity contribution in [1.82, 2.24) is 4.90 Å². The zero-order chi connectivity index (χ0) is 16.2. The van der Waals surface area contributed by atoms with E-state index in [0.29, 0.717) is 6.04 Å². The summed E-state index contributed by atoms with van der Waals surface area (Å²) in [5.41, 5.74) is 1.40. The number of ether oxygens (including phenoxy) is 1. The molecule has 0 radical (unpaired) electrons. The lowest BCUT2D eigenvalue weighted by molar-refractivity contribution is -0.134. The van der Waals surface area contributed by atoms with Gasteiger partial charge in [0.05, 0.1) is 0 Å². The monoisotopic (exact) mass is 303 g/mol. The van der Waals surface area contributed by atoms with Crippen molar-refractivity contribution in [2.24, 2.45) is 0 Å². The van der Waals surface area contributed by atoms with Crippen molar-refractivity contribution in [2.45, 2.75) is 64.3 Å². The van der Waals surface area contributed by atoms with E-state index in [1.807, 2.05) is 24.1 Å². The third-order valence-corrected chi connectivity index (χ3v) is 4.60. The molecule has 1 saturated carbocycles. The first-order valence-corrected chi connectivity index (χ1v) is 8.37. The Labute approximate surface area is 134 Å². The van der Waals surface area contributed by atoms with Gasteiger partial charge in [-0.2, -0.15) is 0 Å². The minimum absolute atomic E-state index is 0.0757. The highest BCUT2D eigenvalue weighted by atomic mass is 16.5. The molecule has 3 heteroatoms. The van der Waals surface area contributed by atoms with E-state index in [-0.39, 0.29) is 17.9 Å². The SMILES string of the molecule is CN(C(=O)COc1ccc(C(C)(C)C)cc1)C1CCCCC1. The quantitative estimate of drug-likeness (QED) is 0.836. The summed E-state index contributed by atoms with van der Waals surface area (Å²) < 4.78 is 5.66. The lowest BCUT2D eigenvalue weighted by Gasteiger charge is -2.31. The Balaban J connectivity index is 1.85. The minimum atomic E-state index is 0.0757. The molecule has 1 aliphatic rings. The Bertz CT molecular complexity index is 481. The molecule has 0 aliphatic heterocycles. The van der Waals surface area contributed by atoms with E-state index in [0.717, 1.165) is 18.6 Å². The molecule has 0 heterocycles. The Hall–Kier alpha value is -1.51. The molecule has 0 spiro atoms. The van der Waals surface area contributed by atoms with E-state index in [9.17, 15) is 4.79 Å². The van der Waals surface area contributed by atoms with Crippen LogP contribution in [0.15, 0.2) is 24.3 Å². The van der Waals surface area contributed by atoms with Crippen molar-refractivity contribution in [3.63, 3.8) is 0 Å². The zero-order valence-corrected chi connectivity index (χ0v) is 14.4. The number of nitrogens with zero attached hydrogens (tertiary/aromatic N) is 1. The number of hydrogen-bond donors (Lipinski definition) is 0. The van der Waals surface area contributed by atoms with Gasteiger partial charge < -0.3 is 9.64 Å². The van der Waals surface area contributed by atoms with Gasteiger partial charge in [0.25, 0.3) is 5.91 Å². The van der Waals surface area contributed by atoms with Gasteiger partial charge in [-0.05, 0) is 36.0 Å². The molecule has 22 heavy (non-hydrogen) atoms. The second kappa shape index (κ2) is 7.17. The van der Waals surface area contributed by atoms with Crippen LogP contribution in [0.25, 0.3) is 0 Å². The summed E-state index contributed by atoms with van der Waals surface area (Å²) in [7, 11) is 1.91. The molecule has 1 aromatic rings. The molecular weight excluding hydrogens is 274 g/mol. The Morgan fingerprint density at radius 3 is 2.27 bits per heavy atom. The van der Waals surface area contributed by atoms with Crippen molar-refractivity contribution >= 4 is 5.91 Å². The van der Waals surface area contributed by atoms with E-state index >= 15 is 0 Å². The van der Waals surface area contributed by atoms with Gasteiger partial charge in [-0.15, -0.1) is 0 Å². The van der Waals surface area contributed by atoms with Crippen LogP contribution in [0.5, 0.6) is 5.75 Å². The normalized spacial score (nSPS) is 16.4. The van der Waals surface area contributed by atoms with Crippen LogP contribution in [-0.4, -0.2) is 30.5 Å². The van der Waals surface area contributed by atoms with Crippen molar-refractivity contribution in [3.8, 4) is 5.75 Å². The van der Waals surface area contributed by atoms with Gasteiger partial charge in [-0.3, -0.25) is 4.79 Å². The summed E-state index contributed by atoms with van der Waals surface area (Å²) in [6.45, 7) is 6.68. The van der Waals surface area contributed by atoms with Crippen LogP contribution in [0.1, 0.15) is 58.4 Å². The second-order valence-electron chi connectivity index (χ2n) is 7.36. The summed E-state index contributed by atoms with van der Waals surface area (Å²) in [5, 5.41) is 0. The average Bonchev–Trinajstić information content (AvgIpc) is 2.52. The predicted octanol–water partition coefficient (Wildman–Crippen LogP) is 4.15. The third-order valence-electron chi connectivity index (χ3n) is 4.60. The van der Waals surface area contributed by atoms with E-state index in [2.05, 4.69) is 32.9 Å². The van der Waals surface area contributed by atoms with Crippen LogP contribution in [0.2, 0.25) is 0 Å². The highest BCUT2D eigenvalue weighted by molar-refractivity contribution is 5.77. The molecule has 0 saturated heterocycles. The van der Waals surface area contributed by atoms with E-state index in [1.165, 1.54) is 24.8 Å². The Kier molecular flexibility index (Phi) is 5.49. The lowest BCUT2D eigenvalue weighted by atomic mass is 9.87. The first-order chi connectivity index (χ1) is 10.4. The summed E-state index contributed by atoms with van der Waals surface area (Å²) in [6.07, 6.45) is 6.02. The lowest BCUT2D eigenvalue weighted by Crippen LogP contribution is -2.40. The van der Waals surface area contributed by atoms with Crippen LogP contribution in [0, 0.1) is 0 Å².